The third kappa shape index (κ3) is 4.11. The van der Waals surface area contributed by atoms with Crippen LogP contribution in [0.5, 0.6) is 0 Å². The summed E-state index contributed by atoms with van der Waals surface area (Å²) in [5.74, 6) is 0.956. The van der Waals surface area contributed by atoms with Crippen LogP contribution in [0.1, 0.15) is 51.9 Å². The summed E-state index contributed by atoms with van der Waals surface area (Å²) in [5, 5.41) is 11.9. The molecule has 0 aromatic rings. The van der Waals surface area contributed by atoms with Gasteiger partial charge in [-0.1, -0.05) is 26.2 Å². The van der Waals surface area contributed by atoms with Gasteiger partial charge in [0.25, 0.3) is 0 Å². The molecule has 0 saturated heterocycles. The van der Waals surface area contributed by atoms with Gasteiger partial charge in [0.15, 0.2) is 0 Å². The molecule has 0 heterocycles. The topological polar surface area (TPSA) is 35.8 Å². The lowest BCUT2D eigenvalue weighted by atomic mass is 9.98. The maximum atomic E-state index is 8.44. The van der Waals surface area contributed by atoms with Gasteiger partial charge >= 0.3 is 0 Å². The molecule has 1 rings (SSSR count). The number of nitrogens with zero attached hydrogens (tertiary/aromatic N) is 1. The SMILES string of the molecule is CCC1CCCC(NCCC#N)CC1. The van der Waals surface area contributed by atoms with Crippen molar-refractivity contribution in [2.45, 2.75) is 57.9 Å². The van der Waals surface area contributed by atoms with Gasteiger partial charge in [-0.15, -0.1) is 0 Å². The minimum atomic E-state index is 0.647. The van der Waals surface area contributed by atoms with Gasteiger partial charge in [-0.2, -0.15) is 5.26 Å². The van der Waals surface area contributed by atoms with Crippen molar-refractivity contribution in [3.05, 3.63) is 0 Å². The van der Waals surface area contributed by atoms with Crippen molar-refractivity contribution in [2.75, 3.05) is 6.54 Å². The lowest BCUT2D eigenvalue weighted by Gasteiger charge is -2.15. The predicted molar refractivity (Wildman–Crippen MR) is 58.9 cm³/mol. The van der Waals surface area contributed by atoms with Crippen LogP contribution in [0.4, 0.5) is 0 Å². The van der Waals surface area contributed by atoms with E-state index in [1.807, 2.05) is 0 Å². The van der Waals surface area contributed by atoms with E-state index in [9.17, 15) is 0 Å². The molecule has 2 nitrogen and oxygen atoms in total. The zero-order valence-corrected chi connectivity index (χ0v) is 9.26. The molecule has 2 atom stereocenters. The molecule has 0 radical (unpaired) electrons. The van der Waals surface area contributed by atoms with Crippen LogP contribution in [-0.2, 0) is 0 Å². The lowest BCUT2D eigenvalue weighted by Crippen LogP contribution is -2.29. The third-order valence-electron chi connectivity index (χ3n) is 3.34. The zero-order valence-electron chi connectivity index (χ0n) is 9.26. The number of hydrogen-bond acceptors (Lipinski definition) is 2. The third-order valence-corrected chi connectivity index (χ3v) is 3.34. The average Bonchev–Trinajstić information content (AvgIpc) is 2.43. The van der Waals surface area contributed by atoms with Crippen LogP contribution in [0.2, 0.25) is 0 Å². The molecule has 2 heteroatoms. The van der Waals surface area contributed by atoms with Gasteiger partial charge in [0, 0.05) is 19.0 Å². The summed E-state index contributed by atoms with van der Waals surface area (Å²) in [7, 11) is 0. The first kappa shape index (κ1) is 11.5. The fourth-order valence-electron chi connectivity index (χ4n) is 2.32. The summed E-state index contributed by atoms with van der Waals surface area (Å²) < 4.78 is 0. The summed E-state index contributed by atoms with van der Waals surface area (Å²) >= 11 is 0. The quantitative estimate of drug-likeness (QED) is 0.552. The Balaban J connectivity index is 2.18. The second-order valence-corrected chi connectivity index (χ2v) is 4.34. The van der Waals surface area contributed by atoms with E-state index < -0.39 is 0 Å². The molecule has 14 heavy (non-hydrogen) atoms. The van der Waals surface area contributed by atoms with Gasteiger partial charge in [-0.25, -0.2) is 0 Å². The Morgan fingerprint density at radius 1 is 1.29 bits per heavy atom. The van der Waals surface area contributed by atoms with Crippen molar-refractivity contribution >= 4 is 0 Å². The zero-order chi connectivity index (χ0) is 10.2. The van der Waals surface area contributed by atoms with E-state index in [1.54, 1.807) is 0 Å². The first-order valence-corrected chi connectivity index (χ1v) is 5.97. The van der Waals surface area contributed by atoms with Gasteiger partial charge in [-0.05, 0) is 25.2 Å². The molecule has 1 N–H and O–H groups in total. The van der Waals surface area contributed by atoms with E-state index in [0.29, 0.717) is 12.5 Å². The normalized spacial score (nSPS) is 28.0. The van der Waals surface area contributed by atoms with E-state index in [0.717, 1.165) is 12.5 Å². The molecular weight excluding hydrogens is 172 g/mol. The highest BCUT2D eigenvalue weighted by molar-refractivity contribution is 4.77. The Morgan fingerprint density at radius 3 is 2.86 bits per heavy atom. The maximum absolute atomic E-state index is 8.44. The smallest absolute Gasteiger partial charge is 0.0635 e. The highest BCUT2D eigenvalue weighted by Gasteiger charge is 2.16. The molecule has 80 valence electrons. The van der Waals surface area contributed by atoms with E-state index in [4.69, 9.17) is 5.26 Å². The van der Waals surface area contributed by atoms with Crippen molar-refractivity contribution in [1.82, 2.24) is 5.32 Å². The molecule has 2 unspecified atom stereocenters. The summed E-state index contributed by atoms with van der Waals surface area (Å²) in [6.45, 7) is 3.17. The Kier molecular flexibility index (Phi) is 5.63. The van der Waals surface area contributed by atoms with E-state index in [2.05, 4.69) is 18.3 Å². The largest absolute Gasteiger partial charge is 0.313 e. The molecule has 0 spiro atoms. The molecule has 0 aromatic carbocycles. The molecule has 0 aromatic heterocycles. The molecule has 0 amide bonds. The van der Waals surface area contributed by atoms with Gasteiger partial charge in [0.05, 0.1) is 6.07 Å². The fourth-order valence-corrected chi connectivity index (χ4v) is 2.32. The number of nitrogens with one attached hydrogen (secondary N) is 1. The monoisotopic (exact) mass is 194 g/mol. The highest BCUT2D eigenvalue weighted by Crippen LogP contribution is 2.25. The standard InChI is InChI=1S/C12H22N2/c1-2-11-5-3-6-12(8-7-11)14-10-4-9-13/h11-12,14H,2-8,10H2,1H3. The minimum Gasteiger partial charge on any atom is -0.313 e. The van der Waals surface area contributed by atoms with Crippen molar-refractivity contribution in [3.8, 4) is 6.07 Å². The first-order valence-electron chi connectivity index (χ1n) is 5.97. The van der Waals surface area contributed by atoms with Crippen LogP contribution >= 0.6 is 0 Å². The summed E-state index contributed by atoms with van der Waals surface area (Å²) in [5.41, 5.74) is 0. The van der Waals surface area contributed by atoms with Crippen molar-refractivity contribution in [1.29, 1.82) is 5.26 Å². The Hall–Kier alpha value is -0.550. The molecule has 0 aliphatic heterocycles. The maximum Gasteiger partial charge on any atom is 0.0635 e. The molecule has 1 aliphatic rings. The minimum absolute atomic E-state index is 0.647. The van der Waals surface area contributed by atoms with Crippen molar-refractivity contribution in [2.24, 2.45) is 5.92 Å². The van der Waals surface area contributed by atoms with Gasteiger partial charge in [0.2, 0.25) is 0 Å². The Bertz CT molecular complexity index is 183. The molecule has 0 bridgehead atoms. The lowest BCUT2D eigenvalue weighted by molar-refractivity contribution is 0.427. The van der Waals surface area contributed by atoms with Gasteiger partial charge in [0.1, 0.15) is 0 Å². The number of nitriles is 1. The molecule has 1 fully saturated rings. The van der Waals surface area contributed by atoms with Crippen LogP contribution in [0.3, 0.4) is 0 Å². The Morgan fingerprint density at radius 2 is 2.14 bits per heavy atom. The number of rotatable bonds is 4. The molecule has 1 aliphatic carbocycles. The predicted octanol–water partition coefficient (Wildman–Crippen LogP) is 2.85. The second kappa shape index (κ2) is 6.84. The van der Waals surface area contributed by atoms with E-state index in [1.165, 1.54) is 38.5 Å². The van der Waals surface area contributed by atoms with Crippen LogP contribution in [-0.4, -0.2) is 12.6 Å². The van der Waals surface area contributed by atoms with Crippen LogP contribution in [0.25, 0.3) is 0 Å². The summed E-state index contributed by atoms with van der Waals surface area (Å²) in [6.07, 6.45) is 8.75. The van der Waals surface area contributed by atoms with Crippen LogP contribution in [0, 0.1) is 17.2 Å². The summed E-state index contributed by atoms with van der Waals surface area (Å²) in [4.78, 5) is 0. The summed E-state index contributed by atoms with van der Waals surface area (Å²) in [6, 6.07) is 2.86. The second-order valence-electron chi connectivity index (χ2n) is 4.34. The van der Waals surface area contributed by atoms with Crippen molar-refractivity contribution < 1.29 is 0 Å². The van der Waals surface area contributed by atoms with E-state index >= 15 is 0 Å². The van der Waals surface area contributed by atoms with Crippen molar-refractivity contribution in [3.63, 3.8) is 0 Å². The van der Waals surface area contributed by atoms with Gasteiger partial charge < -0.3 is 5.32 Å². The van der Waals surface area contributed by atoms with Gasteiger partial charge in [-0.3, -0.25) is 0 Å². The first-order chi connectivity index (χ1) is 6.86. The number of hydrogen-bond donors (Lipinski definition) is 1. The highest BCUT2D eigenvalue weighted by atomic mass is 14.9. The van der Waals surface area contributed by atoms with Crippen LogP contribution in [0.15, 0.2) is 0 Å². The Labute approximate surface area is 87.7 Å². The van der Waals surface area contributed by atoms with E-state index in [-0.39, 0.29) is 0 Å². The fraction of sp³-hybridized carbons (Fsp3) is 0.917. The average molecular weight is 194 g/mol. The van der Waals surface area contributed by atoms with Crippen LogP contribution < -0.4 is 5.32 Å². The molecule has 1 saturated carbocycles. The molecular formula is C12H22N2.